The molecule has 18 heavy (non-hydrogen) atoms. The second-order valence-electron chi connectivity index (χ2n) is 5.73. The van der Waals surface area contributed by atoms with E-state index < -0.39 is 0 Å². The highest BCUT2D eigenvalue weighted by atomic mass is 16.1. The SMILES string of the molecule is Cn1cc(CC(=O)C(C)(C)N2CCCCC2)cn1. The van der Waals surface area contributed by atoms with Crippen molar-refractivity contribution in [1.29, 1.82) is 0 Å². The lowest BCUT2D eigenvalue weighted by Crippen LogP contribution is -2.52. The molecule has 100 valence electrons. The summed E-state index contributed by atoms with van der Waals surface area (Å²) in [5, 5.41) is 4.12. The van der Waals surface area contributed by atoms with Crippen molar-refractivity contribution in [2.24, 2.45) is 7.05 Å². The fraction of sp³-hybridized carbons (Fsp3) is 0.714. The Morgan fingerprint density at radius 1 is 1.33 bits per heavy atom. The van der Waals surface area contributed by atoms with E-state index in [-0.39, 0.29) is 11.3 Å². The number of hydrogen-bond acceptors (Lipinski definition) is 3. The van der Waals surface area contributed by atoms with E-state index >= 15 is 0 Å². The van der Waals surface area contributed by atoms with Crippen molar-refractivity contribution >= 4 is 5.78 Å². The molecule has 4 nitrogen and oxygen atoms in total. The summed E-state index contributed by atoms with van der Waals surface area (Å²) >= 11 is 0. The Balaban J connectivity index is 2.02. The second-order valence-corrected chi connectivity index (χ2v) is 5.73. The van der Waals surface area contributed by atoms with E-state index in [0.29, 0.717) is 6.42 Å². The summed E-state index contributed by atoms with van der Waals surface area (Å²) < 4.78 is 1.75. The number of piperidine rings is 1. The summed E-state index contributed by atoms with van der Waals surface area (Å²) in [6.07, 6.45) is 7.91. The van der Waals surface area contributed by atoms with Crippen LogP contribution in [0.25, 0.3) is 0 Å². The second kappa shape index (κ2) is 5.22. The number of Topliss-reactive ketones (excluding diaryl/α,β-unsaturated/α-hetero) is 1. The summed E-state index contributed by atoms with van der Waals surface area (Å²) in [7, 11) is 1.88. The molecule has 1 saturated heterocycles. The van der Waals surface area contributed by atoms with Crippen molar-refractivity contribution in [2.45, 2.75) is 45.1 Å². The molecular weight excluding hydrogens is 226 g/mol. The van der Waals surface area contributed by atoms with Crippen LogP contribution in [0.2, 0.25) is 0 Å². The van der Waals surface area contributed by atoms with Gasteiger partial charge in [-0.15, -0.1) is 0 Å². The zero-order chi connectivity index (χ0) is 13.2. The van der Waals surface area contributed by atoms with E-state index in [1.54, 1.807) is 10.9 Å². The maximum Gasteiger partial charge on any atom is 0.156 e. The highest BCUT2D eigenvalue weighted by molar-refractivity contribution is 5.89. The summed E-state index contributed by atoms with van der Waals surface area (Å²) in [5.41, 5.74) is 0.656. The third kappa shape index (κ3) is 2.80. The number of hydrogen-bond donors (Lipinski definition) is 0. The maximum absolute atomic E-state index is 12.5. The van der Waals surface area contributed by atoms with Gasteiger partial charge >= 0.3 is 0 Å². The van der Waals surface area contributed by atoms with Crippen LogP contribution in [0.4, 0.5) is 0 Å². The summed E-state index contributed by atoms with van der Waals surface area (Å²) in [5.74, 6) is 0.289. The average Bonchev–Trinajstić information content (AvgIpc) is 2.76. The molecule has 2 rings (SSSR count). The van der Waals surface area contributed by atoms with Crippen LogP contribution in [0.5, 0.6) is 0 Å². The molecule has 0 amide bonds. The van der Waals surface area contributed by atoms with Gasteiger partial charge in [0.2, 0.25) is 0 Å². The van der Waals surface area contributed by atoms with Crippen LogP contribution in [-0.4, -0.2) is 39.1 Å². The first-order valence-corrected chi connectivity index (χ1v) is 6.76. The van der Waals surface area contributed by atoms with Crippen LogP contribution >= 0.6 is 0 Å². The predicted octanol–water partition coefficient (Wildman–Crippen LogP) is 1.80. The van der Waals surface area contributed by atoms with Crippen LogP contribution in [0.15, 0.2) is 12.4 Å². The van der Waals surface area contributed by atoms with Crippen LogP contribution < -0.4 is 0 Å². The smallest absolute Gasteiger partial charge is 0.156 e. The number of ketones is 1. The van der Waals surface area contributed by atoms with Crippen LogP contribution in [0, 0.1) is 0 Å². The van der Waals surface area contributed by atoms with Crippen molar-refractivity contribution in [3.8, 4) is 0 Å². The molecule has 4 heteroatoms. The van der Waals surface area contributed by atoms with Crippen molar-refractivity contribution in [1.82, 2.24) is 14.7 Å². The topological polar surface area (TPSA) is 38.1 Å². The first-order chi connectivity index (χ1) is 8.50. The van der Waals surface area contributed by atoms with Crippen molar-refractivity contribution < 1.29 is 4.79 Å². The molecule has 1 fully saturated rings. The molecule has 0 spiro atoms. The van der Waals surface area contributed by atoms with Gasteiger partial charge in [0.25, 0.3) is 0 Å². The number of rotatable bonds is 4. The number of aryl methyl sites for hydroxylation is 1. The predicted molar refractivity (Wildman–Crippen MR) is 71.4 cm³/mol. The number of aromatic nitrogens is 2. The van der Waals surface area contributed by atoms with Gasteiger partial charge in [0.15, 0.2) is 5.78 Å². The zero-order valence-corrected chi connectivity index (χ0v) is 11.6. The van der Waals surface area contributed by atoms with E-state index in [4.69, 9.17) is 0 Å². The van der Waals surface area contributed by atoms with Crippen LogP contribution in [-0.2, 0) is 18.3 Å². The normalized spacial score (nSPS) is 17.9. The van der Waals surface area contributed by atoms with Crippen molar-refractivity contribution in [3.05, 3.63) is 18.0 Å². The quantitative estimate of drug-likeness (QED) is 0.816. The number of carbonyl (C=O) groups excluding carboxylic acids is 1. The Labute approximate surface area is 109 Å². The van der Waals surface area contributed by atoms with E-state index in [9.17, 15) is 4.79 Å². The Hall–Kier alpha value is -1.16. The molecule has 2 heterocycles. The first-order valence-electron chi connectivity index (χ1n) is 6.76. The molecule has 0 atom stereocenters. The fourth-order valence-electron chi connectivity index (χ4n) is 2.59. The van der Waals surface area contributed by atoms with Gasteiger partial charge in [0.1, 0.15) is 0 Å². The van der Waals surface area contributed by atoms with Gasteiger partial charge in [-0.1, -0.05) is 6.42 Å². The van der Waals surface area contributed by atoms with Gasteiger partial charge in [-0.05, 0) is 45.3 Å². The summed E-state index contributed by atoms with van der Waals surface area (Å²) in [4.78, 5) is 14.8. The molecule has 0 unspecified atom stereocenters. The molecule has 0 bridgehead atoms. The largest absolute Gasteiger partial charge is 0.297 e. The molecule has 1 aliphatic rings. The highest BCUT2D eigenvalue weighted by Gasteiger charge is 2.34. The van der Waals surface area contributed by atoms with Gasteiger partial charge in [0.05, 0.1) is 11.7 Å². The molecule has 0 N–H and O–H groups in total. The minimum Gasteiger partial charge on any atom is -0.297 e. The number of likely N-dealkylation sites (tertiary alicyclic amines) is 1. The molecule has 0 aliphatic carbocycles. The third-order valence-corrected chi connectivity index (χ3v) is 3.95. The molecular formula is C14H23N3O. The van der Waals surface area contributed by atoms with E-state index in [0.717, 1.165) is 18.7 Å². The third-order valence-electron chi connectivity index (χ3n) is 3.95. The van der Waals surface area contributed by atoms with Gasteiger partial charge in [-0.25, -0.2) is 0 Å². The minimum absolute atomic E-state index is 0.289. The molecule has 1 aromatic rings. The fourth-order valence-corrected chi connectivity index (χ4v) is 2.59. The van der Waals surface area contributed by atoms with Gasteiger partial charge in [-0.3, -0.25) is 14.4 Å². The van der Waals surface area contributed by atoms with E-state index in [1.807, 2.05) is 13.2 Å². The first kappa shape index (κ1) is 13.3. The van der Waals surface area contributed by atoms with Gasteiger partial charge in [-0.2, -0.15) is 5.10 Å². The molecule has 1 aromatic heterocycles. The Morgan fingerprint density at radius 3 is 2.56 bits per heavy atom. The maximum atomic E-state index is 12.5. The van der Waals surface area contributed by atoms with Crippen molar-refractivity contribution in [3.63, 3.8) is 0 Å². The lowest BCUT2D eigenvalue weighted by atomic mass is 9.90. The van der Waals surface area contributed by atoms with Gasteiger partial charge in [0, 0.05) is 19.7 Å². The van der Waals surface area contributed by atoms with E-state index in [1.165, 1.54) is 19.3 Å². The monoisotopic (exact) mass is 249 g/mol. The molecule has 0 aromatic carbocycles. The summed E-state index contributed by atoms with van der Waals surface area (Å²) in [6.45, 7) is 6.20. The standard InChI is InChI=1S/C14H23N3O/c1-14(2,17-7-5-4-6-8-17)13(18)9-12-10-15-16(3)11-12/h10-11H,4-9H2,1-3H3. The number of carbonyl (C=O) groups is 1. The van der Waals surface area contributed by atoms with Crippen LogP contribution in [0.1, 0.15) is 38.7 Å². The minimum atomic E-state index is -0.351. The lowest BCUT2D eigenvalue weighted by molar-refractivity contribution is -0.129. The summed E-state index contributed by atoms with van der Waals surface area (Å²) in [6, 6.07) is 0. The molecule has 0 saturated carbocycles. The highest BCUT2D eigenvalue weighted by Crippen LogP contribution is 2.22. The lowest BCUT2D eigenvalue weighted by Gasteiger charge is -2.39. The van der Waals surface area contributed by atoms with Crippen molar-refractivity contribution in [2.75, 3.05) is 13.1 Å². The molecule has 1 aliphatic heterocycles. The van der Waals surface area contributed by atoms with Crippen LogP contribution in [0.3, 0.4) is 0 Å². The Kier molecular flexibility index (Phi) is 3.85. The Morgan fingerprint density at radius 2 is 2.00 bits per heavy atom. The number of nitrogens with zero attached hydrogens (tertiary/aromatic N) is 3. The molecule has 0 radical (unpaired) electrons. The Bertz CT molecular complexity index is 416. The zero-order valence-electron chi connectivity index (χ0n) is 11.6. The average molecular weight is 249 g/mol. The van der Waals surface area contributed by atoms with Gasteiger partial charge < -0.3 is 0 Å². The van der Waals surface area contributed by atoms with E-state index in [2.05, 4.69) is 23.8 Å².